The van der Waals surface area contributed by atoms with Gasteiger partial charge >= 0.3 is 5.97 Å². The van der Waals surface area contributed by atoms with Crippen LogP contribution in [0.25, 0.3) is 0 Å². The van der Waals surface area contributed by atoms with Crippen molar-refractivity contribution in [1.29, 1.82) is 0 Å². The van der Waals surface area contributed by atoms with E-state index in [4.69, 9.17) is 10.8 Å². The predicted octanol–water partition coefficient (Wildman–Crippen LogP) is -0.227. The van der Waals surface area contributed by atoms with Gasteiger partial charge in [0, 0.05) is 12.2 Å². The minimum atomic E-state index is -1.00. The summed E-state index contributed by atoms with van der Waals surface area (Å²) in [5, 5.41) is 11.0. The first-order chi connectivity index (χ1) is 8.40. The maximum absolute atomic E-state index is 11.6. The van der Waals surface area contributed by atoms with Gasteiger partial charge in [-0.1, -0.05) is 0 Å². The molecule has 7 heteroatoms. The van der Waals surface area contributed by atoms with Crippen LogP contribution >= 0.6 is 0 Å². The van der Waals surface area contributed by atoms with Gasteiger partial charge in [-0.3, -0.25) is 19.4 Å². The summed E-state index contributed by atoms with van der Waals surface area (Å²) in [5.74, 6) is -2.13. The zero-order chi connectivity index (χ0) is 13.7. The second kappa shape index (κ2) is 5.76. The second-order valence-corrected chi connectivity index (χ2v) is 3.77. The Kier molecular flexibility index (Phi) is 4.36. The van der Waals surface area contributed by atoms with Crippen LogP contribution in [0.5, 0.6) is 0 Å². The van der Waals surface area contributed by atoms with E-state index in [1.165, 1.54) is 18.3 Å². The number of nitrogens with zero attached hydrogens (tertiary/aromatic N) is 1. The summed E-state index contributed by atoms with van der Waals surface area (Å²) in [7, 11) is 0. The zero-order valence-electron chi connectivity index (χ0n) is 9.71. The number of primary amides is 1. The van der Waals surface area contributed by atoms with E-state index in [0.29, 0.717) is 0 Å². The van der Waals surface area contributed by atoms with E-state index in [1.54, 1.807) is 6.92 Å². The van der Waals surface area contributed by atoms with Crippen molar-refractivity contribution < 1.29 is 19.5 Å². The molecule has 96 valence electrons. The summed E-state index contributed by atoms with van der Waals surface area (Å²) in [6, 6.07) is 2.22. The van der Waals surface area contributed by atoms with Crippen molar-refractivity contribution in [2.45, 2.75) is 19.4 Å². The largest absolute Gasteiger partial charge is 0.481 e. The quantitative estimate of drug-likeness (QED) is 0.667. The number of carbonyl (C=O) groups is 3. The third kappa shape index (κ3) is 3.85. The van der Waals surface area contributed by atoms with Crippen LogP contribution < -0.4 is 11.1 Å². The summed E-state index contributed by atoms with van der Waals surface area (Å²) in [6.07, 6.45) is 1.02. The van der Waals surface area contributed by atoms with Crippen LogP contribution in [0.2, 0.25) is 0 Å². The Morgan fingerprint density at radius 2 is 2.11 bits per heavy atom. The van der Waals surface area contributed by atoms with Gasteiger partial charge in [0.15, 0.2) is 0 Å². The van der Waals surface area contributed by atoms with Crippen LogP contribution in [0.1, 0.15) is 34.2 Å². The lowest BCUT2D eigenvalue weighted by Crippen LogP contribution is -2.34. The van der Waals surface area contributed by atoms with E-state index >= 15 is 0 Å². The molecule has 0 aromatic carbocycles. The van der Waals surface area contributed by atoms with Gasteiger partial charge in [-0.05, 0) is 19.1 Å². The Bertz CT molecular complexity index is 470. The summed E-state index contributed by atoms with van der Waals surface area (Å²) in [6.45, 7) is 1.57. The SMILES string of the molecule is CC(CC(=O)O)NC(=O)c1ccc(C(N)=O)cn1. The standard InChI is InChI=1S/C11H13N3O4/c1-6(4-9(15)16)14-11(18)8-3-2-7(5-13-8)10(12)17/h2-3,5-6H,4H2,1H3,(H2,12,17)(H,14,18)(H,15,16). The van der Waals surface area contributed by atoms with E-state index in [-0.39, 0.29) is 17.7 Å². The van der Waals surface area contributed by atoms with E-state index in [1.807, 2.05) is 0 Å². The molecule has 0 bridgehead atoms. The number of hydrogen-bond donors (Lipinski definition) is 3. The molecular formula is C11H13N3O4. The van der Waals surface area contributed by atoms with Crippen LogP contribution in [0.3, 0.4) is 0 Å². The number of rotatable bonds is 5. The van der Waals surface area contributed by atoms with Gasteiger partial charge in [0.1, 0.15) is 5.69 Å². The molecule has 0 aliphatic heterocycles. The van der Waals surface area contributed by atoms with Crippen molar-refractivity contribution in [3.63, 3.8) is 0 Å². The second-order valence-electron chi connectivity index (χ2n) is 3.77. The molecule has 1 atom stereocenters. The Morgan fingerprint density at radius 3 is 2.56 bits per heavy atom. The molecule has 0 radical (unpaired) electrons. The Balaban J connectivity index is 2.67. The Morgan fingerprint density at radius 1 is 1.44 bits per heavy atom. The third-order valence-electron chi connectivity index (χ3n) is 2.14. The number of hydrogen-bond acceptors (Lipinski definition) is 4. The molecule has 0 aliphatic rings. The van der Waals surface area contributed by atoms with E-state index in [9.17, 15) is 14.4 Å². The van der Waals surface area contributed by atoms with E-state index in [0.717, 1.165) is 0 Å². The van der Waals surface area contributed by atoms with Gasteiger partial charge in [0.05, 0.1) is 12.0 Å². The molecule has 0 fully saturated rings. The van der Waals surface area contributed by atoms with E-state index < -0.39 is 23.8 Å². The number of carboxylic acids is 1. The fourth-order valence-corrected chi connectivity index (χ4v) is 1.28. The van der Waals surface area contributed by atoms with Crippen LogP contribution in [-0.4, -0.2) is 33.9 Å². The summed E-state index contributed by atoms with van der Waals surface area (Å²) in [4.78, 5) is 36.6. The molecule has 1 aromatic rings. The highest BCUT2D eigenvalue weighted by atomic mass is 16.4. The average Bonchev–Trinajstić information content (AvgIpc) is 2.27. The number of pyridine rings is 1. The Labute approximate surface area is 103 Å². The highest BCUT2D eigenvalue weighted by Gasteiger charge is 2.13. The summed E-state index contributed by atoms with van der Waals surface area (Å²) in [5.41, 5.74) is 5.32. The van der Waals surface area contributed by atoms with Crippen LogP contribution in [0.15, 0.2) is 18.3 Å². The third-order valence-corrected chi connectivity index (χ3v) is 2.14. The molecule has 7 nitrogen and oxygen atoms in total. The van der Waals surface area contributed by atoms with Gasteiger partial charge in [0.25, 0.3) is 5.91 Å². The van der Waals surface area contributed by atoms with Crippen molar-refractivity contribution >= 4 is 17.8 Å². The fraction of sp³-hybridized carbons (Fsp3) is 0.273. The molecular weight excluding hydrogens is 238 g/mol. The van der Waals surface area contributed by atoms with Crippen molar-refractivity contribution in [2.24, 2.45) is 5.73 Å². The van der Waals surface area contributed by atoms with Gasteiger partial charge in [-0.2, -0.15) is 0 Å². The van der Waals surface area contributed by atoms with Crippen LogP contribution in [0, 0.1) is 0 Å². The average molecular weight is 251 g/mol. The van der Waals surface area contributed by atoms with Crippen molar-refractivity contribution in [3.8, 4) is 0 Å². The number of carboxylic acid groups (broad SMARTS) is 1. The monoisotopic (exact) mass is 251 g/mol. The van der Waals surface area contributed by atoms with E-state index in [2.05, 4.69) is 10.3 Å². The number of carbonyl (C=O) groups excluding carboxylic acids is 2. The first kappa shape index (κ1) is 13.6. The molecule has 1 unspecified atom stereocenters. The van der Waals surface area contributed by atoms with Gasteiger partial charge < -0.3 is 16.2 Å². The summed E-state index contributed by atoms with van der Waals surface area (Å²) >= 11 is 0. The molecule has 0 saturated heterocycles. The molecule has 0 saturated carbocycles. The molecule has 1 aromatic heterocycles. The first-order valence-electron chi connectivity index (χ1n) is 5.18. The van der Waals surface area contributed by atoms with Gasteiger partial charge in [0.2, 0.25) is 5.91 Å². The van der Waals surface area contributed by atoms with Crippen molar-refractivity contribution in [1.82, 2.24) is 10.3 Å². The summed E-state index contributed by atoms with van der Waals surface area (Å²) < 4.78 is 0. The molecule has 0 aliphatic carbocycles. The lowest BCUT2D eigenvalue weighted by Gasteiger charge is -2.10. The minimum absolute atomic E-state index is 0.0947. The lowest BCUT2D eigenvalue weighted by atomic mass is 10.2. The lowest BCUT2D eigenvalue weighted by molar-refractivity contribution is -0.137. The maximum Gasteiger partial charge on any atom is 0.305 e. The topological polar surface area (TPSA) is 122 Å². The number of nitrogens with two attached hydrogens (primary N) is 1. The Hall–Kier alpha value is -2.44. The van der Waals surface area contributed by atoms with Crippen LogP contribution in [-0.2, 0) is 4.79 Å². The molecule has 4 N–H and O–H groups in total. The van der Waals surface area contributed by atoms with Crippen LogP contribution in [0.4, 0.5) is 0 Å². The van der Waals surface area contributed by atoms with Gasteiger partial charge in [-0.25, -0.2) is 0 Å². The van der Waals surface area contributed by atoms with Crippen molar-refractivity contribution in [2.75, 3.05) is 0 Å². The molecule has 1 heterocycles. The predicted molar refractivity (Wildman–Crippen MR) is 61.9 cm³/mol. The van der Waals surface area contributed by atoms with Crippen molar-refractivity contribution in [3.05, 3.63) is 29.6 Å². The number of amides is 2. The maximum atomic E-state index is 11.6. The molecule has 2 amide bonds. The highest BCUT2D eigenvalue weighted by Crippen LogP contribution is 2.01. The zero-order valence-corrected chi connectivity index (χ0v) is 9.71. The number of nitrogens with one attached hydrogen (secondary N) is 1. The molecule has 0 spiro atoms. The first-order valence-corrected chi connectivity index (χ1v) is 5.18. The number of aliphatic carboxylic acids is 1. The molecule has 1 rings (SSSR count). The smallest absolute Gasteiger partial charge is 0.305 e. The minimum Gasteiger partial charge on any atom is -0.481 e. The molecule has 18 heavy (non-hydrogen) atoms. The number of aromatic nitrogens is 1. The highest BCUT2D eigenvalue weighted by molar-refractivity contribution is 5.95. The van der Waals surface area contributed by atoms with Gasteiger partial charge in [-0.15, -0.1) is 0 Å². The fourth-order valence-electron chi connectivity index (χ4n) is 1.28. The normalized spacial score (nSPS) is 11.6.